The van der Waals surface area contributed by atoms with Crippen molar-refractivity contribution in [3.8, 4) is 6.07 Å². The first-order valence-corrected chi connectivity index (χ1v) is 5.51. The van der Waals surface area contributed by atoms with Crippen LogP contribution >= 0.6 is 11.8 Å². The summed E-state index contributed by atoms with van der Waals surface area (Å²) in [5, 5.41) is 19.5. The predicted molar refractivity (Wildman–Crippen MR) is 52.1 cm³/mol. The first-order chi connectivity index (χ1) is 7.13. The Kier molecular flexibility index (Phi) is 2.44. The third-order valence-corrected chi connectivity index (χ3v) is 3.84. The SMILES string of the molecule is N#CC1CSC2CC(NC(=O)O)C(=O)N12. The summed E-state index contributed by atoms with van der Waals surface area (Å²) in [5.74, 6) is 0.339. The highest BCUT2D eigenvalue weighted by Crippen LogP contribution is 2.37. The molecule has 6 nitrogen and oxygen atoms in total. The Morgan fingerprint density at radius 3 is 3.07 bits per heavy atom. The van der Waals surface area contributed by atoms with Gasteiger partial charge in [0.2, 0.25) is 5.91 Å². The van der Waals surface area contributed by atoms with Crippen LogP contribution in [0.1, 0.15) is 6.42 Å². The number of amides is 2. The van der Waals surface area contributed by atoms with E-state index in [0.29, 0.717) is 12.2 Å². The number of fused-ring (bicyclic) bond motifs is 1. The topological polar surface area (TPSA) is 93.4 Å². The van der Waals surface area contributed by atoms with E-state index in [-0.39, 0.29) is 11.3 Å². The Balaban J connectivity index is 2.10. The van der Waals surface area contributed by atoms with Gasteiger partial charge >= 0.3 is 6.09 Å². The zero-order chi connectivity index (χ0) is 11.0. The lowest BCUT2D eigenvalue weighted by Crippen LogP contribution is -2.43. The van der Waals surface area contributed by atoms with Crippen LogP contribution in [0.5, 0.6) is 0 Å². The molecule has 0 aromatic rings. The summed E-state index contributed by atoms with van der Waals surface area (Å²) in [5.41, 5.74) is 0. The molecule has 15 heavy (non-hydrogen) atoms. The fourth-order valence-corrected chi connectivity index (χ4v) is 3.27. The summed E-state index contributed by atoms with van der Waals surface area (Å²) in [7, 11) is 0. The maximum atomic E-state index is 11.7. The van der Waals surface area contributed by atoms with Crippen LogP contribution in [0.15, 0.2) is 0 Å². The van der Waals surface area contributed by atoms with E-state index in [1.54, 1.807) is 0 Å². The molecule has 2 rings (SSSR count). The molecule has 3 atom stereocenters. The third kappa shape index (κ3) is 1.61. The van der Waals surface area contributed by atoms with Crippen molar-refractivity contribution in [3.05, 3.63) is 0 Å². The number of hydrogen-bond donors (Lipinski definition) is 2. The maximum Gasteiger partial charge on any atom is 0.405 e. The second-order valence-corrected chi connectivity index (χ2v) is 4.63. The predicted octanol–water partition coefficient (Wildman–Crippen LogP) is -0.180. The van der Waals surface area contributed by atoms with E-state index in [9.17, 15) is 9.59 Å². The number of rotatable bonds is 1. The average molecular weight is 227 g/mol. The van der Waals surface area contributed by atoms with Crippen LogP contribution in [-0.2, 0) is 4.79 Å². The van der Waals surface area contributed by atoms with Gasteiger partial charge in [0.05, 0.1) is 11.4 Å². The summed E-state index contributed by atoms with van der Waals surface area (Å²) < 4.78 is 0. The molecule has 2 N–H and O–H groups in total. The van der Waals surface area contributed by atoms with E-state index in [0.717, 1.165) is 0 Å². The Hall–Kier alpha value is -1.42. The van der Waals surface area contributed by atoms with Crippen molar-refractivity contribution in [2.45, 2.75) is 23.9 Å². The van der Waals surface area contributed by atoms with Crippen LogP contribution in [-0.4, -0.2) is 45.2 Å². The van der Waals surface area contributed by atoms with Crippen LogP contribution in [0.25, 0.3) is 0 Å². The van der Waals surface area contributed by atoms with Gasteiger partial charge in [0.1, 0.15) is 12.1 Å². The molecule has 0 radical (unpaired) electrons. The number of carbonyl (C=O) groups excluding carboxylic acids is 1. The van der Waals surface area contributed by atoms with Crippen molar-refractivity contribution in [2.75, 3.05) is 5.75 Å². The highest BCUT2D eigenvalue weighted by molar-refractivity contribution is 8.00. The Morgan fingerprint density at radius 1 is 1.73 bits per heavy atom. The number of carboxylic acid groups (broad SMARTS) is 1. The smallest absolute Gasteiger partial charge is 0.405 e. The van der Waals surface area contributed by atoms with Gasteiger partial charge in [0, 0.05) is 12.2 Å². The minimum atomic E-state index is -1.20. The third-order valence-electron chi connectivity index (χ3n) is 2.53. The summed E-state index contributed by atoms with van der Waals surface area (Å²) in [6, 6.07) is 0.955. The van der Waals surface area contributed by atoms with Gasteiger partial charge < -0.3 is 15.3 Å². The minimum Gasteiger partial charge on any atom is -0.465 e. The molecular weight excluding hydrogens is 218 g/mol. The van der Waals surface area contributed by atoms with Gasteiger partial charge in [-0.25, -0.2) is 4.79 Å². The van der Waals surface area contributed by atoms with Gasteiger partial charge in [-0.15, -0.1) is 11.8 Å². The number of nitrogens with zero attached hydrogens (tertiary/aromatic N) is 2. The first-order valence-electron chi connectivity index (χ1n) is 4.46. The lowest BCUT2D eigenvalue weighted by molar-refractivity contribution is -0.130. The summed E-state index contributed by atoms with van der Waals surface area (Å²) >= 11 is 1.53. The minimum absolute atomic E-state index is 0.0426. The molecule has 2 saturated heterocycles. The zero-order valence-electron chi connectivity index (χ0n) is 7.71. The first kappa shape index (κ1) is 10.1. The largest absolute Gasteiger partial charge is 0.465 e. The zero-order valence-corrected chi connectivity index (χ0v) is 8.53. The Bertz CT molecular complexity index is 354. The van der Waals surface area contributed by atoms with E-state index >= 15 is 0 Å². The van der Waals surface area contributed by atoms with Gasteiger partial charge in [-0.2, -0.15) is 5.26 Å². The number of carbonyl (C=O) groups is 2. The maximum absolute atomic E-state index is 11.7. The molecule has 80 valence electrons. The lowest BCUT2D eigenvalue weighted by atomic mass is 10.2. The summed E-state index contributed by atoms with van der Waals surface area (Å²) in [4.78, 5) is 23.6. The number of nitrogens with one attached hydrogen (secondary N) is 1. The van der Waals surface area contributed by atoms with E-state index in [1.807, 2.05) is 6.07 Å². The van der Waals surface area contributed by atoms with Crippen molar-refractivity contribution < 1.29 is 14.7 Å². The van der Waals surface area contributed by atoms with Crippen molar-refractivity contribution >= 4 is 23.8 Å². The number of nitriles is 1. The van der Waals surface area contributed by atoms with Crippen molar-refractivity contribution in [1.82, 2.24) is 10.2 Å². The molecule has 7 heteroatoms. The van der Waals surface area contributed by atoms with Gasteiger partial charge in [0.25, 0.3) is 0 Å². The number of hydrogen-bond acceptors (Lipinski definition) is 4. The van der Waals surface area contributed by atoms with E-state index < -0.39 is 18.2 Å². The normalized spacial score (nSPS) is 33.7. The lowest BCUT2D eigenvalue weighted by Gasteiger charge is -2.17. The summed E-state index contributed by atoms with van der Waals surface area (Å²) in [6.07, 6.45) is -0.749. The van der Waals surface area contributed by atoms with Gasteiger partial charge in [-0.05, 0) is 0 Å². The molecule has 2 aliphatic rings. The van der Waals surface area contributed by atoms with E-state index in [4.69, 9.17) is 10.4 Å². The fraction of sp³-hybridized carbons (Fsp3) is 0.625. The molecule has 2 heterocycles. The second-order valence-electron chi connectivity index (χ2n) is 3.42. The van der Waals surface area contributed by atoms with Crippen LogP contribution in [0.4, 0.5) is 4.79 Å². The van der Waals surface area contributed by atoms with Crippen LogP contribution in [0.2, 0.25) is 0 Å². The Morgan fingerprint density at radius 2 is 2.47 bits per heavy atom. The van der Waals surface area contributed by atoms with Gasteiger partial charge in [-0.3, -0.25) is 4.79 Å². The van der Waals surface area contributed by atoms with Crippen LogP contribution in [0.3, 0.4) is 0 Å². The molecule has 0 bridgehead atoms. The van der Waals surface area contributed by atoms with Crippen molar-refractivity contribution in [1.29, 1.82) is 5.26 Å². The molecular formula is C8H9N3O3S. The number of thioether (sulfide) groups is 1. The van der Waals surface area contributed by atoms with Crippen LogP contribution in [0, 0.1) is 11.3 Å². The molecule has 3 unspecified atom stereocenters. The van der Waals surface area contributed by atoms with E-state index in [2.05, 4.69) is 5.32 Å². The molecule has 0 aromatic heterocycles. The second kappa shape index (κ2) is 3.62. The standard InChI is InChI=1S/C8H9N3O3S/c9-2-4-3-15-6-1-5(10-8(13)14)7(12)11(4)6/h4-6,10H,1,3H2,(H,13,14). The molecule has 0 saturated carbocycles. The Labute approximate surface area is 90.2 Å². The van der Waals surface area contributed by atoms with Crippen molar-refractivity contribution in [3.63, 3.8) is 0 Å². The average Bonchev–Trinajstić information content (AvgIpc) is 2.68. The van der Waals surface area contributed by atoms with E-state index in [1.165, 1.54) is 16.7 Å². The highest BCUT2D eigenvalue weighted by atomic mass is 32.2. The monoisotopic (exact) mass is 227 g/mol. The molecule has 2 aliphatic heterocycles. The van der Waals surface area contributed by atoms with Crippen molar-refractivity contribution in [2.24, 2.45) is 0 Å². The molecule has 0 spiro atoms. The molecule has 2 amide bonds. The highest BCUT2D eigenvalue weighted by Gasteiger charge is 2.48. The van der Waals surface area contributed by atoms with Gasteiger partial charge in [-0.1, -0.05) is 0 Å². The molecule has 0 aliphatic carbocycles. The fourth-order valence-electron chi connectivity index (χ4n) is 1.89. The molecule has 0 aromatic carbocycles. The molecule has 2 fully saturated rings. The van der Waals surface area contributed by atoms with Gasteiger partial charge in [0.15, 0.2) is 0 Å². The van der Waals surface area contributed by atoms with Crippen LogP contribution < -0.4 is 5.32 Å². The quantitative estimate of drug-likeness (QED) is 0.648. The summed E-state index contributed by atoms with van der Waals surface area (Å²) in [6.45, 7) is 0.